The van der Waals surface area contributed by atoms with E-state index in [1.807, 2.05) is 12.1 Å². The van der Waals surface area contributed by atoms with E-state index in [-0.39, 0.29) is 19.8 Å². The van der Waals surface area contributed by atoms with Gasteiger partial charge in [-0.2, -0.15) is 0 Å². The van der Waals surface area contributed by atoms with Crippen LogP contribution in [0.1, 0.15) is 24.5 Å². The maximum atomic E-state index is 11.5. The van der Waals surface area contributed by atoms with Crippen LogP contribution in [0.4, 0.5) is 4.79 Å². The second kappa shape index (κ2) is 8.96. The molecule has 1 aromatic carbocycles. The molecule has 1 aliphatic carbocycles. The second-order valence-corrected chi connectivity index (χ2v) is 5.57. The molecule has 0 radical (unpaired) electrons. The SMILES string of the molecule is C=C(C)C(=O)OCCNC(=O)OCCOc1cccc2c1CCC2. The Morgan fingerprint density at radius 1 is 1.17 bits per heavy atom. The first-order valence-corrected chi connectivity index (χ1v) is 8.04. The fourth-order valence-electron chi connectivity index (χ4n) is 2.48. The zero-order valence-electron chi connectivity index (χ0n) is 13.9. The molecule has 0 saturated carbocycles. The molecule has 0 spiro atoms. The number of hydrogen-bond acceptors (Lipinski definition) is 5. The molecule has 1 aromatic rings. The van der Waals surface area contributed by atoms with E-state index in [1.54, 1.807) is 6.92 Å². The summed E-state index contributed by atoms with van der Waals surface area (Å²) in [6.07, 6.45) is 2.73. The number of hydrogen-bond donors (Lipinski definition) is 1. The minimum Gasteiger partial charge on any atom is -0.490 e. The highest BCUT2D eigenvalue weighted by atomic mass is 16.6. The van der Waals surface area contributed by atoms with Crippen LogP contribution in [0, 0.1) is 0 Å². The molecule has 24 heavy (non-hydrogen) atoms. The largest absolute Gasteiger partial charge is 0.490 e. The van der Waals surface area contributed by atoms with Crippen LogP contribution in [0.5, 0.6) is 5.75 Å². The zero-order valence-corrected chi connectivity index (χ0v) is 13.9. The third kappa shape index (κ3) is 5.30. The number of benzene rings is 1. The summed E-state index contributed by atoms with van der Waals surface area (Å²) in [5, 5.41) is 2.49. The maximum absolute atomic E-state index is 11.5. The highest BCUT2D eigenvalue weighted by Gasteiger charge is 2.15. The Hall–Kier alpha value is -2.50. The molecule has 0 aliphatic heterocycles. The van der Waals surface area contributed by atoms with Crippen LogP contribution in [0.15, 0.2) is 30.4 Å². The highest BCUT2D eigenvalue weighted by Crippen LogP contribution is 2.30. The lowest BCUT2D eigenvalue weighted by Gasteiger charge is -2.11. The summed E-state index contributed by atoms with van der Waals surface area (Å²) in [5.74, 6) is 0.398. The van der Waals surface area contributed by atoms with E-state index >= 15 is 0 Å². The van der Waals surface area contributed by atoms with Gasteiger partial charge in [0.05, 0.1) is 6.54 Å². The van der Waals surface area contributed by atoms with Crippen molar-refractivity contribution < 1.29 is 23.8 Å². The van der Waals surface area contributed by atoms with Gasteiger partial charge in [0.1, 0.15) is 25.6 Å². The predicted octanol–water partition coefficient (Wildman–Crippen LogP) is 2.40. The molecule has 0 aromatic heterocycles. The Labute approximate surface area is 141 Å². The average Bonchev–Trinajstić information content (AvgIpc) is 3.04. The summed E-state index contributed by atoms with van der Waals surface area (Å²) in [4.78, 5) is 22.6. The van der Waals surface area contributed by atoms with Crippen molar-refractivity contribution in [2.24, 2.45) is 0 Å². The van der Waals surface area contributed by atoms with E-state index in [0.29, 0.717) is 12.2 Å². The van der Waals surface area contributed by atoms with Crippen molar-refractivity contribution in [1.82, 2.24) is 5.32 Å². The van der Waals surface area contributed by atoms with Crippen molar-refractivity contribution in [1.29, 1.82) is 0 Å². The Morgan fingerprint density at radius 2 is 2.00 bits per heavy atom. The number of amides is 1. The second-order valence-electron chi connectivity index (χ2n) is 5.57. The number of ether oxygens (including phenoxy) is 3. The van der Waals surface area contributed by atoms with Crippen molar-refractivity contribution in [2.75, 3.05) is 26.4 Å². The summed E-state index contributed by atoms with van der Waals surface area (Å²) in [5.41, 5.74) is 2.93. The lowest BCUT2D eigenvalue weighted by molar-refractivity contribution is -0.138. The molecule has 1 N–H and O–H groups in total. The number of rotatable bonds is 8. The molecular weight excluding hydrogens is 310 g/mol. The normalized spacial score (nSPS) is 12.2. The van der Waals surface area contributed by atoms with Gasteiger partial charge < -0.3 is 19.5 Å². The molecule has 6 heteroatoms. The van der Waals surface area contributed by atoms with Gasteiger partial charge in [0, 0.05) is 5.57 Å². The first kappa shape index (κ1) is 17.8. The van der Waals surface area contributed by atoms with Crippen molar-refractivity contribution >= 4 is 12.1 Å². The minimum atomic E-state index is -0.566. The summed E-state index contributed by atoms with van der Waals surface area (Å²) in [7, 11) is 0. The predicted molar refractivity (Wildman–Crippen MR) is 89.1 cm³/mol. The van der Waals surface area contributed by atoms with E-state index < -0.39 is 12.1 Å². The van der Waals surface area contributed by atoms with Crippen LogP contribution in [-0.4, -0.2) is 38.4 Å². The molecule has 0 bridgehead atoms. The highest BCUT2D eigenvalue weighted by molar-refractivity contribution is 5.86. The number of alkyl carbamates (subject to hydrolysis) is 1. The molecule has 1 amide bonds. The maximum Gasteiger partial charge on any atom is 0.407 e. The zero-order chi connectivity index (χ0) is 17.4. The van der Waals surface area contributed by atoms with Crippen LogP contribution in [0.3, 0.4) is 0 Å². The van der Waals surface area contributed by atoms with Crippen molar-refractivity contribution in [3.05, 3.63) is 41.5 Å². The number of fused-ring (bicyclic) bond motifs is 1. The van der Waals surface area contributed by atoms with Crippen LogP contribution in [0.25, 0.3) is 0 Å². The van der Waals surface area contributed by atoms with Gasteiger partial charge in [-0.1, -0.05) is 18.7 Å². The number of aryl methyl sites for hydroxylation is 1. The lowest BCUT2D eigenvalue weighted by Crippen LogP contribution is -2.29. The summed E-state index contributed by atoms with van der Waals surface area (Å²) in [6.45, 7) is 5.74. The number of carbonyl (C=O) groups is 2. The third-order valence-corrected chi connectivity index (χ3v) is 3.63. The van der Waals surface area contributed by atoms with Crippen LogP contribution < -0.4 is 10.1 Å². The molecule has 1 aliphatic rings. The molecule has 0 unspecified atom stereocenters. The molecule has 0 atom stereocenters. The summed E-state index contributed by atoms with van der Waals surface area (Å²) in [6, 6.07) is 6.05. The Morgan fingerprint density at radius 3 is 2.79 bits per heavy atom. The molecule has 130 valence electrons. The van der Waals surface area contributed by atoms with E-state index in [1.165, 1.54) is 11.1 Å². The molecule has 6 nitrogen and oxygen atoms in total. The summed E-state index contributed by atoms with van der Waals surface area (Å²) >= 11 is 0. The van der Waals surface area contributed by atoms with Crippen LogP contribution in [-0.2, 0) is 27.1 Å². The van der Waals surface area contributed by atoms with Crippen LogP contribution in [0.2, 0.25) is 0 Å². The van der Waals surface area contributed by atoms with Gasteiger partial charge in [-0.05, 0) is 43.4 Å². The van der Waals surface area contributed by atoms with Gasteiger partial charge in [-0.25, -0.2) is 9.59 Å². The van der Waals surface area contributed by atoms with Gasteiger partial charge in [-0.3, -0.25) is 0 Å². The average molecular weight is 333 g/mol. The van der Waals surface area contributed by atoms with Crippen molar-refractivity contribution in [2.45, 2.75) is 26.2 Å². The third-order valence-electron chi connectivity index (χ3n) is 3.63. The number of esters is 1. The van der Waals surface area contributed by atoms with Gasteiger partial charge >= 0.3 is 12.1 Å². The van der Waals surface area contributed by atoms with Crippen LogP contribution >= 0.6 is 0 Å². The van der Waals surface area contributed by atoms with Gasteiger partial charge in [0.25, 0.3) is 0 Å². The monoisotopic (exact) mass is 333 g/mol. The topological polar surface area (TPSA) is 73.9 Å². The Bertz CT molecular complexity index is 611. The Kier molecular flexibility index (Phi) is 6.66. The molecule has 0 heterocycles. The fraction of sp³-hybridized carbons (Fsp3) is 0.444. The molecule has 2 rings (SSSR count). The minimum absolute atomic E-state index is 0.0768. The van der Waals surface area contributed by atoms with E-state index in [0.717, 1.165) is 25.0 Å². The van der Waals surface area contributed by atoms with E-state index in [4.69, 9.17) is 14.2 Å². The Balaban J connectivity index is 1.58. The first-order chi connectivity index (χ1) is 11.6. The summed E-state index contributed by atoms with van der Waals surface area (Å²) < 4.78 is 15.5. The first-order valence-electron chi connectivity index (χ1n) is 8.04. The smallest absolute Gasteiger partial charge is 0.407 e. The fourth-order valence-corrected chi connectivity index (χ4v) is 2.48. The van der Waals surface area contributed by atoms with Crippen molar-refractivity contribution in [3.8, 4) is 5.75 Å². The van der Waals surface area contributed by atoms with Gasteiger partial charge in [0.15, 0.2) is 0 Å². The van der Waals surface area contributed by atoms with Gasteiger partial charge in [-0.15, -0.1) is 0 Å². The van der Waals surface area contributed by atoms with Gasteiger partial charge in [0.2, 0.25) is 0 Å². The number of carbonyl (C=O) groups excluding carboxylic acids is 2. The lowest BCUT2D eigenvalue weighted by atomic mass is 10.1. The van der Waals surface area contributed by atoms with E-state index in [2.05, 4.69) is 18.0 Å². The molecule has 0 fully saturated rings. The molecule has 0 saturated heterocycles. The van der Waals surface area contributed by atoms with E-state index in [9.17, 15) is 9.59 Å². The number of nitrogens with one attached hydrogen (secondary N) is 1. The van der Waals surface area contributed by atoms with Crippen molar-refractivity contribution in [3.63, 3.8) is 0 Å². The quantitative estimate of drug-likeness (QED) is 0.449. The standard InChI is InChI=1S/C18H23NO5/c1-13(2)17(20)23-10-9-19-18(21)24-12-11-22-16-8-4-6-14-5-3-7-15(14)16/h4,6,8H,1,3,5,7,9-12H2,2H3,(H,19,21). The molecular formula is C18H23NO5.